The predicted molar refractivity (Wildman–Crippen MR) is 86.1 cm³/mol. The quantitative estimate of drug-likeness (QED) is 0.575. The van der Waals surface area contributed by atoms with Crippen LogP contribution in [0.1, 0.15) is 11.1 Å². The number of rotatable bonds is 3. The third kappa shape index (κ3) is 2.58. The molecule has 0 aromatic heterocycles. The van der Waals surface area contributed by atoms with Crippen LogP contribution in [0.15, 0.2) is 42.5 Å². The fraction of sp³-hybridized carbons (Fsp3) is 0.125. The third-order valence-corrected chi connectivity index (χ3v) is 5.66. The lowest BCUT2D eigenvalue weighted by Crippen LogP contribution is -2.42. The van der Waals surface area contributed by atoms with Gasteiger partial charge in [-0.3, -0.25) is 24.5 Å². The summed E-state index contributed by atoms with van der Waals surface area (Å²) in [7, 11) is -4.38. The van der Waals surface area contributed by atoms with Crippen molar-refractivity contribution in [3.63, 3.8) is 0 Å². The second-order valence-electron chi connectivity index (χ2n) is 5.39. The smallest absolute Gasteiger partial charge is 0.273 e. The molecule has 9 heteroatoms. The molecule has 0 radical (unpaired) electrons. The summed E-state index contributed by atoms with van der Waals surface area (Å²) in [6.07, 6.45) is 0.743. The number of carbonyl (C=O) groups is 4. The number of amides is 3. The Morgan fingerprint density at radius 3 is 2.60 bits per heavy atom. The summed E-state index contributed by atoms with van der Waals surface area (Å²) in [5.41, 5.74) is 0.327. The Kier molecular flexibility index (Phi) is 3.88. The number of carbonyl (C=O) groups excluding carboxylic acids is 4. The molecule has 2 aliphatic rings. The molecule has 128 valence electrons. The normalized spacial score (nSPS) is 17.8. The average Bonchev–Trinajstić information content (AvgIpc) is 2.76. The zero-order chi connectivity index (χ0) is 18.4. The van der Waals surface area contributed by atoms with E-state index in [2.05, 4.69) is 6.58 Å². The Balaban J connectivity index is 2.02. The largest absolute Gasteiger partial charge is 0.294 e. The van der Waals surface area contributed by atoms with E-state index in [1.807, 2.05) is 5.32 Å². The SMILES string of the molecule is C=CC(=O)NC(=O)CN1C(=O)C2=C(c3ccccc3CC2=O)S1(=O)=O. The topological polar surface area (TPSA) is 118 Å². The van der Waals surface area contributed by atoms with Crippen LogP contribution in [0.4, 0.5) is 0 Å². The highest BCUT2D eigenvalue weighted by molar-refractivity contribution is 7.99. The Bertz CT molecular complexity index is 990. The van der Waals surface area contributed by atoms with Gasteiger partial charge in [0.2, 0.25) is 11.8 Å². The molecular formula is C16H12N2O6S. The second-order valence-corrected chi connectivity index (χ2v) is 7.19. The summed E-state index contributed by atoms with van der Waals surface area (Å²) >= 11 is 0. The van der Waals surface area contributed by atoms with Gasteiger partial charge in [-0.15, -0.1) is 0 Å². The minimum absolute atomic E-state index is 0.0920. The number of ketones is 1. The number of benzene rings is 1. The molecule has 0 fully saturated rings. The Morgan fingerprint density at radius 1 is 1.24 bits per heavy atom. The molecule has 1 aliphatic heterocycles. The maximum Gasteiger partial charge on any atom is 0.273 e. The first kappa shape index (κ1) is 16.8. The fourth-order valence-corrected chi connectivity index (χ4v) is 4.52. The highest BCUT2D eigenvalue weighted by atomic mass is 32.2. The van der Waals surface area contributed by atoms with Crippen LogP contribution in [0.25, 0.3) is 4.91 Å². The van der Waals surface area contributed by atoms with Crippen molar-refractivity contribution < 1.29 is 27.6 Å². The number of hydrogen-bond acceptors (Lipinski definition) is 6. The van der Waals surface area contributed by atoms with Crippen molar-refractivity contribution in [2.75, 3.05) is 6.54 Å². The number of Topliss-reactive ketones (excluding diaryl/α,β-unsaturated/α-hetero) is 1. The van der Waals surface area contributed by atoms with Gasteiger partial charge in [0.25, 0.3) is 15.9 Å². The van der Waals surface area contributed by atoms with Crippen molar-refractivity contribution >= 4 is 38.4 Å². The summed E-state index contributed by atoms with van der Waals surface area (Å²) in [6, 6.07) is 6.37. The van der Waals surface area contributed by atoms with E-state index in [0.717, 1.165) is 6.08 Å². The fourth-order valence-electron chi connectivity index (χ4n) is 2.76. The maximum atomic E-state index is 12.7. The standard InChI is InChI=1S/C16H12N2O6S/c1-2-12(20)17-13(21)8-18-16(22)14-11(19)7-9-5-3-4-6-10(9)15(14)25(18,23)24/h2-6H,1,7-8H2,(H,17,20,21). The summed E-state index contributed by atoms with van der Waals surface area (Å²) in [5, 5.41) is 1.87. The molecule has 0 unspecified atom stereocenters. The molecule has 0 spiro atoms. The van der Waals surface area contributed by atoms with Gasteiger partial charge in [0, 0.05) is 6.42 Å². The minimum Gasteiger partial charge on any atom is -0.294 e. The molecule has 25 heavy (non-hydrogen) atoms. The summed E-state index contributed by atoms with van der Waals surface area (Å²) in [5.74, 6) is -3.50. The molecule has 3 amide bonds. The van der Waals surface area contributed by atoms with Crippen LogP contribution in [0, 0.1) is 0 Å². The zero-order valence-electron chi connectivity index (χ0n) is 12.8. The molecule has 0 bridgehead atoms. The van der Waals surface area contributed by atoms with Gasteiger partial charge in [0.1, 0.15) is 17.0 Å². The third-order valence-electron chi connectivity index (χ3n) is 3.84. The van der Waals surface area contributed by atoms with Gasteiger partial charge in [0.15, 0.2) is 5.78 Å². The number of nitrogens with zero attached hydrogens (tertiary/aromatic N) is 1. The Labute approximate surface area is 142 Å². The van der Waals surface area contributed by atoms with Gasteiger partial charge >= 0.3 is 0 Å². The van der Waals surface area contributed by atoms with Crippen molar-refractivity contribution in [1.82, 2.24) is 9.62 Å². The van der Waals surface area contributed by atoms with Crippen LogP contribution in [0.2, 0.25) is 0 Å². The van der Waals surface area contributed by atoms with E-state index in [0.29, 0.717) is 9.87 Å². The predicted octanol–water partition coefficient (Wildman–Crippen LogP) is -0.476. The Morgan fingerprint density at radius 2 is 1.92 bits per heavy atom. The van der Waals surface area contributed by atoms with E-state index in [9.17, 15) is 27.6 Å². The number of nitrogens with one attached hydrogen (secondary N) is 1. The van der Waals surface area contributed by atoms with Crippen molar-refractivity contribution in [3.8, 4) is 0 Å². The van der Waals surface area contributed by atoms with Gasteiger partial charge in [-0.25, -0.2) is 12.7 Å². The molecule has 0 saturated carbocycles. The molecule has 1 heterocycles. The van der Waals surface area contributed by atoms with E-state index in [-0.39, 0.29) is 16.9 Å². The number of hydrogen-bond donors (Lipinski definition) is 1. The van der Waals surface area contributed by atoms with Crippen LogP contribution >= 0.6 is 0 Å². The summed E-state index contributed by atoms with van der Waals surface area (Å²) < 4.78 is 25.8. The highest BCUT2D eigenvalue weighted by Gasteiger charge is 2.49. The molecule has 0 saturated heterocycles. The lowest BCUT2D eigenvalue weighted by atomic mass is 9.90. The maximum absolute atomic E-state index is 12.7. The number of sulfonamides is 1. The number of fused-ring (bicyclic) bond motifs is 2. The van der Waals surface area contributed by atoms with Crippen molar-refractivity contribution in [1.29, 1.82) is 0 Å². The molecule has 1 aromatic rings. The molecule has 0 atom stereocenters. The van der Waals surface area contributed by atoms with Gasteiger partial charge in [-0.05, 0) is 17.2 Å². The van der Waals surface area contributed by atoms with Crippen LogP contribution in [0.5, 0.6) is 0 Å². The average molecular weight is 360 g/mol. The van der Waals surface area contributed by atoms with E-state index >= 15 is 0 Å². The first-order valence-corrected chi connectivity index (χ1v) is 8.60. The van der Waals surface area contributed by atoms with Crippen LogP contribution < -0.4 is 5.32 Å². The molecule has 3 rings (SSSR count). The van der Waals surface area contributed by atoms with Crippen LogP contribution in [-0.2, 0) is 35.6 Å². The van der Waals surface area contributed by atoms with E-state index in [4.69, 9.17) is 0 Å². The molecule has 1 N–H and O–H groups in total. The molecular weight excluding hydrogens is 348 g/mol. The lowest BCUT2D eigenvalue weighted by Gasteiger charge is -2.16. The highest BCUT2D eigenvalue weighted by Crippen LogP contribution is 2.40. The van der Waals surface area contributed by atoms with E-state index < -0.39 is 45.6 Å². The van der Waals surface area contributed by atoms with Gasteiger partial charge in [0.05, 0.1) is 0 Å². The van der Waals surface area contributed by atoms with Crippen molar-refractivity contribution in [2.24, 2.45) is 0 Å². The van der Waals surface area contributed by atoms with Crippen molar-refractivity contribution in [2.45, 2.75) is 6.42 Å². The molecule has 1 aliphatic carbocycles. The monoisotopic (exact) mass is 360 g/mol. The minimum atomic E-state index is -4.38. The molecule has 1 aromatic carbocycles. The van der Waals surface area contributed by atoms with Gasteiger partial charge in [-0.1, -0.05) is 30.8 Å². The van der Waals surface area contributed by atoms with Crippen LogP contribution in [0.3, 0.4) is 0 Å². The summed E-state index contributed by atoms with van der Waals surface area (Å²) in [4.78, 5) is 47.3. The van der Waals surface area contributed by atoms with Crippen molar-refractivity contribution in [3.05, 3.63) is 53.6 Å². The van der Waals surface area contributed by atoms with E-state index in [1.54, 1.807) is 18.2 Å². The van der Waals surface area contributed by atoms with Gasteiger partial charge in [-0.2, -0.15) is 0 Å². The van der Waals surface area contributed by atoms with Gasteiger partial charge < -0.3 is 0 Å². The zero-order valence-corrected chi connectivity index (χ0v) is 13.6. The van der Waals surface area contributed by atoms with Crippen LogP contribution in [-0.4, -0.2) is 42.8 Å². The number of imide groups is 1. The van der Waals surface area contributed by atoms with E-state index in [1.165, 1.54) is 6.07 Å². The first-order chi connectivity index (χ1) is 11.8. The Hall–Kier alpha value is -3.07. The summed E-state index contributed by atoms with van der Waals surface area (Å²) in [6.45, 7) is 2.27. The second kappa shape index (κ2) is 5.78. The molecule has 8 nitrogen and oxygen atoms in total. The lowest BCUT2D eigenvalue weighted by molar-refractivity contribution is -0.133. The first-order valence-electron chi connectivity index (χ1n) is 7.16.